The van der Waals surface area contributed by atoms with Crippen LogP contribution in [0, 0.1) is 12.8 Å². The highest BCUT2D eigenvalue weighted by molar-refractivity contribution is 7.09. The van der Waals surface area contributed by atoms with Crippen molar-refractivity contribution >= 4 is 23.0 Å². The summed E-state index contributed by atoms with van der Waals surface area (Å²) >= 11 is 1.78. The second kappa shape index (κ2) is 14.3. The Morgan fingerprint density at radius 3 is 2.44 bits per heavy atom. The molecule has 2 aliphatic carbocycles. The molecule has 2 atom stereocenters. The van der Waals surface area contributed by atoms with Gasteiger partial charge >= 0.3 is 0 Å². The van der Waals surface area contributed by atoms with E-state index >= 15 is 0 Å². The van der Waals surface area contributed by atoms with Crippen molar-refractivity contribution < 1.29 is 4.74 Å². The van der Waals surface area contributed by atoms with Crippen LogP contribution in [0.3, 0.4) is 0 Å². The minimum Gasteiger partial charge on any atom is -0.457 e. The predicted molar refractivity (Wildman–Crippen MR) is 178 cm³/mol. The fourth-order valence-electron chi connectivity index (χ4n) is 7.72. The number of rotatable bonds is 11. The van der Waals surface area contributed by atoms with Crippen LogP contribution in [-0.2, 0) is 6.54 Å². The minimum atomic E-state index is 0.359. The number of nitrogens with zero attached hydrogens (tertiary/aromatic N) is 4. The second-order valence-corrected chi connectivity index (χ2v) is 14.0. The number of aliphatic imine (C=N–C) groups is 1. The molecule has 1 aliphatic heterocycles. The molecule has 43 heavy (non-hydrogen) atoms. The number of para-hydroxylation sites is 1. The Morgan fingerprint density at radius 2 is 1.72 bits per heavy atom. The molecule has 0 radical (unpaired) electrons. The van der Waals surface area contributed by atoms with Crippen LogP contribution in [0.25, 0.3) is 0 Å². The summed E-state index contributed by atoms with van der Waals surface area (Å²) in [5.74, 6) is 3.04. The van der Waals surface area contributed by atoms with Gasteiger partial charge in [-0.15, -0.1) is 11.3 Å². The number of guanidine groups is 1. The van der Waals surface area contributed by atoms with E-state index in [0.29, 0.717) is 30.0 Å². The lowest BCUT2D eigenvalue weighted by atomic mass is 9.81. The van der Waals surface area contributed by atoms with Gasteiger partial charge in [-0.25, -0.2) is 9.98 Å². The third kappa shape index (κ3) is 7.43. The number of thiazole rings is 1. The van der Waals surface area contributed by atoms with E-state index in [1.165, 1.54) is 86.9 Å². The molecular formula is C36H49N5OS. The van der Waals surface area contributed by atoms with Crippen LogP contribution in [0.5, 0.6) is 11.5 Å². The highest BCUT2D eigenvalue weighted by Crippen LogP contribution is 2.38. The fraction of sp³-hybridized carbons (Fsp3) is 0.556. The van der Waals surface area contributed by atoms with Gasteiger partial charge in [-0.3, -0.25) is 4.90 Å². The summed E-state index contributed by atoms with van der Waals surface area (Å²) in [6.07, 6.45) is 15.6. The van der Waals surface area contributed by atoms with Gasteiger partial charge < -0.3 is 15.4 Å². The zero-order chi connectivity index (χ0) is 29.6. The largest absolute Gasteiger partial charge is 0.457 e. The highest BCUT2D eigenvalue weighted by Gasteiger charge is 2.33. The van der Waals surface area contributed by atoms with Crippen molar-refractivity contribution in [3.63, 3.8) is 0 Å². The zero-order valence-corrected chi connectivity index (χ0v) is 26.9. The van der Waals surface area contributed by atoms with E-state index < -0.39 is 0 Å². The first-order chi connectivity index (χ1) is 21.0. The van der Waals surface area contributed by atoms with Gasteiger partial charge in [-0.1, -0.05) is 56.7 Å². The Bertz CT molecular complexity index is 1340. The number of aromatic nitrogens is 1. The van der Waals surface area contributed by atoms with Crippen LogP contribution in [0.1, 0.15) is 106 Å². The van der Waals surface area contributed by atoms with Gasteiger partial charge in [-0.05, 0) is 95.2 Å². The molecule has 0 spiro atoms. The minimum absolute atomic E-state index is 0.359. The van der Waals surface area contributed by atoms with Crippen molar-refractivity contribution in [3.8, 4) is 11.5 Å². The zero-order valence-electron chi connectivity index (χ0n) is 26.1. The van der Waals surface area contributed by atoms with Crippen LogP contribution in [0.4, 0.5) is 5.69 Å². The van der Waals surface area contributed by atoms with Crippen molar-refractivity contribution in [3.05, 3.63) is 70.2 Å². The summed E-state index contributed by atoms with van der Waals surface area (Å²) in [5.41, 5.74) is 10.2. The van der Waals surface area contributed by atoms with Crippen LogP contribution in [-0.4, -0.2) is 39.4 Å². The fourth-order valence-corrected chi connectivity index (χ4v) is 8.42. The Hall–Kier alpha value is -2.90. The lowest BCUT2D eigenvalue weighted by Crippen LogP contribution is -2.49. The summed E-state index contributed by atoms with van der Waals surface area (Å²) in [6, 6.07) is 17.6. The molecule has 2 aromatic carbocycles. The van der Waals surface area contributed by atoms with Gasteiger partial charge in [0.2, 0.25) is 0 Å². The van der Waals surface area contributed by atoms with Crippen molar-refractivity contribution in [1.29, 1.82) is 0 Å². The number of hydrogen-bond acceptors (Lipinski definition) is 7. The summed E-state index contributed by atoms with van der Waals surface area (Å²) in [7, 11) is 0. The Labute approximate surface area is 262 Å². The maximum Gasteiger partial charge on any atom is 0.197 e. The van der Waals surface area contributed by atoms with Crippen LogP contribution in [0.15, 0.2) is 58.9 Å². The van der Waals surface area contributed by atoms with E-state index in [1.807, 2.05) is 36.4 Å². The van der Waals surface area contributed by atoms with E-state index in [1.54, 1.807) is 11.3 Å². The van der Waals surface area contributed by atoms with Crippen molar-refractivity contribution in [1.82, 2.24) is 14.8 Å². The first kappa shape index (κ1) is 30.1. The number of fused-ring (bicyclic) bond motifs is 1. The molecule has 1 aromatic heterocycles. The molecule has 0 amide bonds. The van der Waals surface area contributed by atoms with Crippen LogP contribution >= 0.6 is 11.3 Å². The Kier molecular flexibility index (Phi) is 9.99. The molecule has 0 bridgehead atoms. The lowest BCUT2D eigenvalue weighted by molar-refractivity contribution is 0.0980. The monoisotopic (exact) mass is 599 g/mol. The molecule has 2 saturated carbocycles. The van der Waals surface area contributed by atoms with Gasteiger partial charge in [0.1, 0.15) is 11.5 Å². The smallest absolute Gasteiger partial charge is 0.197 e. The summed E-state index contributed by atoms with van der Waals surface area (Å²) < 4.78 is 6.18. The first-order valence-electron chi connectivity index (χ1n) is 16.7. The van der Waals surface area contributed by atoms with Gasteiger partial charge in [-0.2, -0.15) is 0 Å². The molecule has 0 saturated heterocycles. The van der Waals surface area contributed by atoms with Crippen LogP contribution in [0.2, 0.25) is 0 Å². The molecule has 6 nitrogen and oxygen atoms in total. The van der Waals surface area contributed by atoms with Crippen molar-refractivity contribution in [2.45, 2.75) is 116 Å². The third-order valence-corrected chi connectivity index (χ3v) is 10.8. The molecule has 3 aromatic rings. The second-order valence-electron chi connectivity index (χ2n) is 12.9. The summed E-state index contributed by atoms with van der Waals surface area (Å²) in [6.45, 7) is 6.41. The van der Waals surface area contributed by atoms with Gasteiger partial charge in [0, 0.05) is 29.6 Å². The lowest BCUT2D eigenvalue weighted by Gasteiger charge is -2.42. The number of nitrogens with two attached hydrogens (primary N) is 1. The average Bonchev–Trinajstić information content (AvgIpc) is 3.48. The maximum absolute atomic E-state index is 6.77. The molecule has 2 heterocycles. The number of hydrogen-bond donors (Lipinski definition) is 1. The maximum atomic E-state index is 6.77. The van der Waals surface area contributed by atoms with E-state index in [-0.39, 0.29) is 0 Å². The molecular weight excluding hydrogens is 550 g/mol. The topological polar surface area (TPSA) is 67.0 Å². The van der Waals surface area contributed by atoms with E-state index in [4.69, 9.17) is 20.4 Å². The molecule has 230 valence electrons. The van der Waals surface area contributed by atoms with Gasteiger partial charge in [0.25, 0.3) is 0 Å². The number of ether oxygens (including phenoxy) is 1. The number of aryl methyl sites for hydroxylation is 1. The van der Waals surface area contributed by atoms with Crippen molar-refractivity contribution in [2.75, 3.05) is 6.54 Å². The van der Waals surface area contributed by atoms with E-state index in [9.17, 15) is 0 Å². The molecule has 6 rings (SSSR count). The number of benzene rings is 2. The molecule has 3 aliphatic rings. The van der Waals surface area contributed by atoms with E-state index in [0.717, 1.165) is 36.7 Å². The summed E-state index contributed by atoms with van der Waals surface area (Å²) in [4.78, 5) is 15.1. The standard InChI is InChI=1S/C36H49N5OS/c1-26(34-25-43-27(2)38-34)40(30-15-8-4-9-16-30)22-12-19-35(28-13-6-3-7-14-28)41-24-29-23-32(20-21-33(29)39-36(41)37)42-31-17-10-5-11-18-31/h5,10-11,17-18,20-21,23,25-26,28,30,35H,3-4,6-9,12-16,19,22,24H2,1-2H3,(H2,37,39)/t26?,35-/m0/s1. The summed E-state index contributed by atoms with van der Waals surface area (Å²) in [5, 5.41) is 3.44. The quantitative estimate of drug-likeness (QED) is 0.238. The average molecular weight is 600 g/mol. The predicted octanol–water partition coefficient (Wildman–Crippen LogP) is 9.13. The van der Waals surface area contributed by atoms with Crippen molar-refractivity contribution in [2.24, 2.45) is 16.6 Å². The van der Waals surface area contributed by atoms with Gasteiger partial charge in [0.15, 0.2) is 5.96 Å². The van der Waals surface area contributed by atoms with E-state index in [2.05, 4.69) is 41.2 Å². The molecule has 2 fully saturated rings. The highest BCUT2D eigenvalue weighted by atomic mass is 32.1. The Balaban J connectivity index is 1.19. The molecule has 1 unspecified atom stereocenters. The first-order valence-corrected chi connectivity index (χ1v) is 17.6. The third-order valence-electron chi connectivity index (χ3n) is 10.0. The SMILES string of the molecule is Cc1nc(C(C)N(CCC[C@@H](C2CCCCC2)N2Cc3cc(Oc4ccccc4)ccc3N=C2N)C2CCCCC2)cs1. The normalized spacial score (nSPS) is 19.6. The molecule has 7 heteroatoms. The molecule has 2 N–H and O–H groups in total. The van der Waals surface area contributed by atoms with Gasteiger partial charge in [0.05, 0.1) is 22.4 Å². The Morgan fingerprint density at radius 1 is 0.977 bits per heavy atom. The van der Waals surface area contributed by atoms with Crippen LogP contribution < -0.4 is 10.5 Å².